The Bertz CT molecular complexity index is 605. The average Bonchev–Trinajstić information content (AvgIpc) is 3.16. The van der Waals surface area contributed by atoms with Crippen LogP contribution in [0.1, 0.15) is 12.8 Å². The van der Waals surface area contributed by atoms with Gasteiger partial charge in [-0.1, -0.05) is 15.9 Å². The van der Waals surface area contributed by atoms with Gasteiger partial charge in [0.05, 0.1) is 12.8 Å². The van der Waals surface area contributed by atoms with Gasteiger partial charge in [-0.2, -0.15) is 5.10 Å². The lowest BCUT2D eigenvalue weighted by molar-refractivity contribution is 0.301. The van der Waals surface area contributed by atoms with Crippen LogP contribution < -0.4 is 10.5 Å². The number of rotatable bonds is 4. The van der Waals surface area contributed by atoms with E-state index in [1.165, 1.54) is 12.8 Å². The lowest BCUT2D eigenvalue weighted by Gasteiger charge is -2.11. The van der Waals surface area contributed by atoms with Crippen molar-refractivity contribution >= 4 is 21.7 Å². The maximum absolute atomic E-state index is 6.05. The first kappa shape index (κ1) is 12.5. The zero-order valence-corrected chi connectivity index (χ0v) is 12.4. The van der Waals surface area contributed by atoms with Gasteiger partial charge in [-0.25, -0.2) is 0 Å². The number of aromatic nitrogens is 2. The van der Waals surface area contributed by atoms with Crippen LogP contribution in [-0.4, -0.2) is 16.4 Å². The van der Waals surface area contributed by atoms with E-state index >= 15 is 0 Å². The molecule has 0 amide bonds. The third-order valence-corrected chi connectivity index (χ3v) is 3.88. The molecule has 1 saturated carbocycles. The summed E-state index contributed by atoms with van der Waals surface area (Å²) in [6, 6.07) is 5.99. The molecule has 0 spiro atoms. The highest BCUT2D eigenvalue weighted by atomic mass is 79.9. The van der Waals surface area contributed by atoms with E-state index in [0.29, 0.717) is 5.82 Å². The summed E-state index contributed by atoms with van der Waals surface area (Å²) < 4.78 is 8.59. The van der Waals surface area contributed by atoms with Gasteiger partial charge in [0.1, 0.15) is 11.6 Å². The fourth-order valence-corrected chi connectivity index (χ4v) is 2.35. The fourth-order valence-electron chi connectivity index (χ4n) is 1.99. The molecule has 1 aliphatic rings. The third-order valence-electron chi connectivity index (χ3n) is 3.39. The van der Waals surface area contributed by atoms with Crippen LogP contribution >= 0.6 is 15.9 Å². The van der Waals surface area contributed by atoms with Crippen molar-refractivity contribution in [3.63, 3.8) is 0 Å². The van der Waals surface area contributed by atoms with Crippen molar-refractivity contribution in [3.8, 4) is 16.9 Å². The van der Waals surface area contributed by atoms with Gasteiger partial charge in [0.25, 0.3) is 0 Å². The van der Waals surface area contributed by atoms with E-state index in [1.807, 2.05) is 25.2 Å². The Morgan fingerprint density at radius 3 is 2.84 bits per heavy atom. The van der Waals surface area contributed by atoms with Gasteiger partial charge in [-0.05, 0) is 37.0 Å². The second-order valence-electron chi connectivity index (χ2n) is 4.96. The van der Waals surface area contributed by atoms with Gasteiger partial charge in [0.2, 0.25) is 0 Å². The van der Waals surface area contributed by atoms with Crippen LogP contribution in [0.15, 0.2) is 28.9 Å². The second-order valence-corrected chi connectivity index (χ2v) is 5.88. The number of nitrogens with zero attached hydrogens (tertiary/aromatic N) is 2. The van der Waals surface area contributed by atoms with Crippen molar-refractivity contribution in [1.82, 2.24) is 9.78 Å². The molecule has 0 radical (unpaired) electrons. The Labute approximate surface area is 120 Å². The molecular formula is C14H16BrN3O. The SMILES string of the molecule is Cn1ncc(-c2cc(Br)ccc2OCC2CC2)c1N. The van der Waals surface area contributed by atoms with Crippen LogP contribution in [0.4, 0.5) is 5.82 Å². The summed E-state index contributed by atoms with van der Waals surface area (Å²) >= 11 is 3.49. The molecule has 4 nitrogen and oxygen atoms in total. The molecule has 1 aromatic heterocycles. The number of nitrogen functional groups attached to an aromatic ring is 1. The fraction of sp³-hybridized carbons (Fsp3) is 0.357. The van der Waals surface area contributed by atoms with Crippen molar-refractivity contribution < 1.29 is 4.74 Å². The number of hydrogen-bond acceptors (Lipinski definition) is 3. The van der Waals surface area contributed by atoms with E-state index in [0.717, 1.165) is 33.9 Å². The number of aryl methyl sites for hydroxylation is 1. The summed E-state index contributed by atoms with van der Waals surface area (Å²) in [4.78, 5) is 0. The molecule has 19 heavy (non-hydrogen) atoms. The van der Waals surface area contributed by atoms with Crippen molar-refractivity contribution in [2.24, 2.45) is 13.0 Å². The Morgan fingerprint density at radius 2 is 2.21 bits per heavy atom. The molecule has 1 aromatic carbocycles. The minimum Gasteiger partial charge on any atom is -0.493 e. The lowest BCUT2D eigenvalue weighted by Crippen LogP contribution is -2.02. The number of anilines is 1. The van der Waals surface area contributed by atoms with Crippen LogP contribution in [0.2, 0.25) is 0 Å². The molecule has 1 fully saturated rings. The predicted molar refractivity (Wildman–Crippen MR) is 79.0 cm³/mol. The monoisotopic (exact) mass is 321 g/mol. The van der Waals surface area contributed by atoms with Crippen molar-refractivity contribution in [2.75, 3.05) is 12.3 Å². The first-order valence-electron chi connectivity index (χ1n) is 6.35. The van der Waals surface area contributed by atoms with E-state index in [1.54, 1.807) is 10.9 Å². The molecule has 0 atom stereocenters. The summed E-state index contributed by atoms with van der Waals surface area (Å²) in [5.74, 6) is 2.24. The quantitative estimate of drug-likeness (QED) is 0.940. The summed E-state index contributed by atoms with van der Waals surface area (Å²) in [6.07, 6.45) is 4.34. The third kappa shape index (κ3) is 2.61. The molecule has 1 aliphatic carbocycles. The molecule has 2 N–H and O–H groups in total. The Morgan fingerprint density at radius 1 is 1.42 bits per heavy atom. The molecule has 0 aliphatic heterocycles. The van der Waals surface area contributed by atoms with Crippen molar-refractivity contribution in [3.05, 3.63) is 28.9 Å². The second kappa shape index (κ2) is 4.89. The molecule has 100 valence electrons. The standard InChI is InChI=1S/C14H16BrN3O/c1-18-14(16)12(7-17-18)11-6-10(15)4-5-13(11)19-8-9-2-3-9/h4-7,9H,2-3,8,16H2,1H3. The minimum absolute atomic E-state index is 0.648. The number of nitrogens with two attached hydrogens (primary N) is 1. The lowest BCUT2D eigenvalue weighted by atomic mass is 10.1. The Balaban J connectivity index is 1.97. The van der Waals surface area contributed by atoms with E-state index < -0.39 is 0 Å². The van der Waals surface area contributed by atoms with Crippen LogP contribution in [0.3, 0.4) is 0 Å². The van der Waals surface area contributed by atoms with E-state index in [9.17, 15) is 0 Å². The smallest absolute Gasteiger partial charge is 0.129 e. The zero-order chi connectivity index (χ0) is 13.4. The number of halogens is 1. The molecular weight excluding hydrogens is 306 g/mol. The summed E-state index contributed by atoms with van der Waals surface area (Å²) in [7, 11) is 1.83. The average molecular weight is 322 g/mol. The topological polar surface area (TPSA) is 53.1 Å². The van der Waals surface area contributed by atoms with Crippen molar-refractivity contribution in [2.45, 2.75) is 12.8 Å². The van der Waals surface area contributed by atoms with Gasteiger partial charge >= 0.3 is 0 Å². The number of ether oxygens (including phenoxy) is 1. The molecule has 0 saturated heterocycles. The molecule has 1 heterocycles. The maximum Gasteiger partial charge on any atom is 0.129 e. The van der Waals surface area contributed by atoms with Gasteiger partial charge < -0.3 is 10.5 Å². The zero-order valence-electron chi connectivity index (χ0n) is 10.8. The number of hydrogen-bond donors (Lipinski definition) is 1. The van der Waals surface area contributed by atoms with Crippen LogP contribution in [0.25, 0.3) is 11.1 Å². The van der Waals surface area contributed by atoms with Crippen LogP contribution in [0.5, 0.6) is 5.75 Å². The van der Waals surface area contributed by atoms with E-state index in [4.69, 9.17) is 10.5 Å². The Hall–Kier alpha value is -1.49. The highest BCUT2D eigenvalue weighted by Crippen LogP contribution is 2.37. The minimum atomic E-state index is 0.648. The molecule has 0 unspecified atom stereocenters. The maximum atomic E-state index is 6.05. The molecule has 3 rings (SSSR count). The first-order chi connectivity index (χ1) is 9.15. The van der Waals surface area contributed by atoms with Gasteiger partial charge in [0, 0.05) is 22.6 Å². The summed E-state index contributed by atoms with van der Waals surface area (Å²) in [5, 5.41) is 4.19. The highest BCUT2D eigenvalue weighted by molar-refractivity contribution is 9.10. The molecule has 0 bridgehead atoms. The largest absolute Gasteiger partial charge is 0.493 e. The predicted octanol–water partition coefficient (Wildman–Crippen LogP) is 3.22. The highest BCUT2D eigenvalue weighted by Gasteiger charge is 2.23. The van der Waals surface area contributed by atoms with Crippen molar-refractivity contribution in [1.29, 1.82) is 0 Å². The van der Waals surface area contributed by atoms with E-state index in [-0.39, 0.29) is 0 Å². The molecule has 5 heteroatoms. The van der Waals surface area contributed by atoms with Crippen LogP contribution in [0, 0.1) is 5.92 Å². The van der Waals surface area contributed by atoms with E-state index in [2.05, 4.69) is 21.0 Å². The van der Waals surface area contributed by atoms with Gasteiger partial charge in [-0.3, -0.25) is 4.68 Å². The number of benzene rings is 1. The van der Waals surface area contributed by atoms with Gasteiger partial charge in [-0.15, -0.1) is 0 Å². The molecule has 2 aromatic rings. The summed E-state index contributed by atoms with van der Waals surface area (Å²) in [5.41, 5.74) is 7.95. The van der Waals surface area contributed by atoms with Gasteiger partial charge in [0.15, 0.2) is 0 Å². The normalized spacial score (nSPS) is 14.6. The van der Waals surface area contributed by atoms with Crippen LogP contribution in [-0.2, 0) is 7.05 Å². The Kier molecular flexibility index (Phi) is 3.22. The first-order valence-corrected chi connectivity index (χ1v) is 7.14. The summed E-state index contributed by atoms with van der Waals surface area (Å²) in [6.45, 7) is 0.787.